The van der Waals surface area contributed by atoms with E-state index in [0.717, 1.165) is 12.0 Å². The number of hydrogen-bond acceptors (Lipinski definition) is 4. The second-order valence-electron chi connectivity index (χ2n) is 8.09. The number of ether oxygens (including phenoxy) is 1. The van der Waals surface area contributed by atoms with Gasteiger partial charge in [-0.05, 0) is 61.9 Å². The third-order valence-corrected chi connectivity index (χ3v) is 4.98. The molecule has 0 bridgehead atoms. The Morgan fingerprint density at radius 3 is 2.19 bits per heavy atom. The van der Waals surface area contributed by atoms with Crippen molar-refractivity contribution in [2.24, 2.45) is 5.92 Å². The summed E-state index contributed by atoms with van der Waals surface area (Å²) in [5.74, 6) is -1.24. The molecule has 2 amide bonds. The molecule has 0 fully saturated rings. The third-order valence-electron chi connectivity index (χ3n) is 4.98. The molecule has 2 aromatic rings. The number of amides is 2. The van der Waals surface area contributed by atoms with Crippen LogP contribution in [0.2, 0.25) is 0 Å². The van der Waals surface area contributed by atoms with E-state index >= 15 is 0 Å². The molecule has 2 aromatic carbocycles. The van der Waals surface area contributed by atoms with Gasteiger partial charge >= 0.3 is 5.97 Å². The summed E-state index contributed by atoms with van der Waals surface area (Å²) in [5, 5.41) is 5.52. The van der Waals surface area contributed by atoms with Crippen molar-refractivity contribution in [3.05, 3.63) is 65.2 Å². The van der Waals surface area contributed by atoms with Gasteiger partial charge in [-0.15, -0.1) is 0 Å². The highest BCUT2D eigenvalue weighted by Gasteiger charge is 2.28. The van der Waals surface area contributed by atoms with Gasteiger partial charge in [0.05, 0.1) is 0 Å². The molecule has 2 unspecified atom stereocenters. The minimum Gasteiger partial charge on any atom is -0.451 e. The van der Waals surface area contributed by atoms with E-state index in [0.29, 0.717) is 17.7 Å². The fraction of sp³-hybridized carbons (Fsp3) is 0.400. The number of carbonyl (C=O) groups is 3. The van der Waals surface area contributed by atoms with Crippen molar-refractivity contribution in [3.8, 4) is 0 Å². The average molecular weight is 425 g/mol. The van der Waals surface area contributed by atoms with E-state index < -0.39 is 24.0 Å². The summed E-state index contributed by atoms with van der Waals surface area (Å²) in [6.45, 7) is 9.32. The van der Waals surface area contributed by atoms with Crippen LogP contribution >= 0.6 is 0 Å². The van der Waals surface area contributed by atoms with Crippen molar-refractivity contribution >= 4 is 23.5 Å². The first-order valence-corrected chi connectivity index (χ1v) is 10.7. The molecular weight excluding hydrogens is 392 g/mol. The highest BCUT2D eigenvalue weighted by Crippen LogP contribution is 2.13. The summed E-state index contributed by atoms with van der Waals surface area (Å²) in [4.78, 5) is 37.9. The Bertz CT molecular complexity index is 906. The molecule has 0 heterocycles. The Labute approximate surface area is 184 Å². The molecule has 0 aliphatic rings. The number of rotatable bonds is 9. The molecule has 6 heteroatoms. The minimum atomic E-state index is -0.997. The van der Waals surface area contributed by atoms with Crippen molar-refractivity contribution in [2.75, 3.05) is 5.32 Å². The number of carbonyl (C=O) groups excluding carboxylic acids is 3. The minimum absolute atomic E-state index is 0.149. The largest absolute Gasteiger partial charge is 0.451 e. The van der Waals surface area contributed by atoms with Gasteiger partial charge in [0.25, 0.3) is 11.8 Å². The molecule has 0 saturated carbocycles. The first-order chi connectivity index (χ1) is 14.7. The topological polar surface area (TPSA) is 84.5 Å². The third kappa shape index (κ3) is 7.24. The highest BCUT2D eigenvalue weighted by molar-refractivity contribution is 5.99. The van der Waals surface area contributed by atoms with Crippen LogP contribution in [0, 0.1) is 12.8 Å². The van der Waals surface area contributed by atoms with Crippen LogP contribution in [0.25, 0.3) is 0 Å². The number of nitrogens with one attached hydrogen (secondary N) is 2. The molecular formula is C25H32N2O4. The predicted octanol–water partition coefficient (Wildman–Crippen LogP) is 4.27. The van der Waals surface area contributed by atoms with Gasteiger partial charge in [-0.3, -0.25) is 9.59 Å². The summed E-state index contributed by atoms with van der Waals surface area (Å²) in [7, 11) is 0. The molecule has 0 radical (unpaired) electrons. The van der Waals surface area contributed by atoms with Crippen LogP contribution in [0.1, 0.15) is 55.6 Å². The lowest BCUT2D eigenvalue weighted by Gasteiger charge is -2.22. The Morgan fingerprint density at radius 1 is 0.968 bits per heavy atom. The highest BCUT2D eigenvalue weighted by atomic mass is 16.5. The lowest BCUT2D eigenvalue weighted by atomic mass is 10.0. The number of esters is 1. The smallest absolute Gasteiger partial charge is 0.329 e. The van der Waals surface area contributed by atoms with Crippen molar-refractivity contribution < 1.29 is 19.1 Å². The average Bonchev–Trinajstić information content (AvgIpc) is 2.73. The van der Waals surface area contributed by atoms with Crippen LogP contribution in [-0.4, -0.2) is 29.9 Å². The first-order valence-electron chi connectivity index (χ1n) is 10.7. The standard InChI is InChI=1S/C25H32N2O4/c1-6-19-11-13-20(14-12-19)26-23(28)18(5)31-25(30)22(15-16(2)3)27-24(29)21-10-8-7-9-17(21)4/h7-14,16,18,22H,6,15H2,1-5H3,(H,26,28)(H,27,29). The number of anilines is 1. The van der Waals surface area contributed by atoms with Crippen molar-refractivity contribution in [2.45, 2.75) is 59.6 Å². The van der Waals surface area contributed by atoms with E-state index in [1.165, 1.54) is 12.5 Å². The molecule has 166 valence electrons. The Hall–Kier alpha value is -3.15. The molecule has 0 aliphatic heterocycles. The van der Waals surface area contributed by atoms with E-state index in [-0.39, 0.29) is 11.8 Å². The van der Waals surface area contributed by atoms with Gasteiger partial charge in [0.2, 0.25) is 0 Å². The fourth-order valence-corrected chi connectivity index (χ4v) is 3.13. The lowest BCUT2D eigenvalue weighted by molar-refractivity contribution is -0.155. The first kappa shape index (κ1) is 24.1. The molecule has 2 atom stereocenters. The van der Waals surface area contributed by atoms with Crippen LogP contribution in [0.5, 0.6) is 0 Å². The SMILES string of the molecule is CCc1ccc(NC(=O)C(C)OC(=O)C(CC(C)C)NC(=O)c2ccccc2C)cc1. The zero-order valence-corrected chi connectivity index (χ0v) is 18.9. The van der Waals surface area contributed by atoms with E-state index in [9.17, 15) is 14.4 Å². The molecule has 0 saturated heterocycles. The van der Waals surface area contributed by atoms with Crippen LogP contribution in [-0.2, 0) is 20.7 Å². The summed E-state index contributed by atoms with van der Waals surface area (Å²) in [5.41, 5.74) is 3.12. The zero-order chi connectivity index (χ0) is 23.0. The Balaban J connectivity index is 2.02. The van der Waals surface area contributed by atoms with Gasteiger partial charge in [0, 0.05) is 11.3 Å². The van der Waals surface area contributed by atoms with Crippen molar-refractivity contribution in [1.82, 2.24) is 5.32 Å². The Kier molecular flexibility index (Phi) is 8.79. The normalized spacial score (nSPS) is 12.7. The summed E-state index contributed by atoms with van der Waals surface area (Å²) in [6, 6.07) is 13.8. The lowest BCUT2D eigenvalue weighted by Crippen LogP contribution is -2.45. The van der Waals surface area contributed by atoms with E-state index in [4.69, 9.17) is 4.74 Å². The maximum Gasteiger partial charge on any atom is 0.329 e. The maximum absolute atomic E-state index is 12.8. The Morgan fingerprint density at radius 2 is 1.61 bits per heavy atom. The van der Waals surface area contributed by atoms with Crippen LogP contribution in [0.3, 0.4) is 0 Å². The number of aryl methyl sites for hydroxylation is 2. The van der Waals surface area contributed by atoms with E-state index in [1.54, 1.807) is 12.1 Å². The summed E-state index contributed by atoms with van der Waals surface area (Å²) in [6.07, 6.45) is 0.320. The fourth-order valence-electron chi connectivity index (χ4n) is 3.13. The van der Waals surface area contributed by atoms with Crippen LogP contribution in [0.4, 0.5) is 5.69 Å². The molecule has 31 heavy (non-hydrogen) atoms. The van der Waals surface area contributed by atoms with Crippen LogP contribution in [0.15, 0.2) is 48.5 Å². The monoisotopic (exact) mass is 424 g/mol. The molecule has 6 nitrogen and oxygen atoms in total. The molecule has 0 aliphatic carbocycles. The molecule has 2 N–H and O–H groups in total. The van der Waals surface area contributed by atoms with Crippen LogP contribution < -0.4 is 10.6 Å². The van der Waals surface area contributed by atoms with Crippen molar-refractivity contribution in [3.63, 3.8) is 0 Å². The molecule has 0 spiro atoms. The maximum atomic E-state index is 12.8. The second kappa shape index (κ2) is 11.3. The van der Waals surface area contributed by atoms with Crippen molar-refractivity contribution in [1.29, 1.82) is 0 Å². The van der Waals surface area contributed by atoms with Gasteiger partial charge in [0.15, 0.2) is 6.10 Å². The van der Waals surface area contributed by atoms with Gasteiger partial charge in [-0.2, -0.15) is 0 Å². The predicted molar refractivity (Wildman–Crippen MR) is 122 cm³/mol. The second-order valence-corrected chi connectivity index (χ2v) is 8.09. The number of benzene rings is 2. The zero-order valence-electron chi connectivity index (χ0n) is 18.9. The van der Waals surface area contributed by atoms with E-state index in [1.807, 2.05) is 57.2 Å². The van der Waals surface area contributed by atoms with Gasteiger partial charge in [0.1, 0.15) is 6.04 Å². The summed E-state index contributed by atoms with van der Waals surface area (Å²) >= 11 is 0. The number of hydrogen-bond donors (Lipinski definition) is 2. The molecule has 0 aromatic heterocycles. The summed E-state index contributed by atoms with van der Waals surface area (Å²) < 4.78 is 5.39. The van der Waals surface area contributed by atoms with E-state index in [2.05, 4.69) is 17.6 Å². The molecule has 2 rings (SSSR count). The van der Waals surface area contributed by atoms with Gasteiger partial charge in [-0.25, -0.2) is 4.79 Å². The van der Waals surface area contributed by atoms with Gasteiger partial charge < -0.3 is 15.4 Å². The quantitative estimate of drug-likeness (QED) is 0.589. The van der Waals surface area contributed by atoms with Gasteiger partial charge in [-0.1, -0.05) is 51.1 Å².